The van der Waals surface area contributed by atoms with Crippen LogP contribution in [-0.4, -0.2) is 6.54 Å². The van der Waals surface area contributed by atoms with E-state index in [1.165, 1.54) is 0 Å². The molecular formula is C7H13N3. The number of allylic oxidation sites excluding steroid dienone is 2. The van der Waals surface area contributed by atoms with Crippen LogP contribution in [-0.2, 0) is 0 Å². The number of hydrogen-bond acceptors (Lipinski definition) is 1. The van der Waals surface area contributed by atoms with E-state index in [1.54, 1.807) is 0 Å². The first-order valence-corrected chi connectivity index (χ1v) is 3.54. The Morgan fingerprint density at radius 3 is 2.90 bits per heavy atom. The van der Waals surface area contributed by atoms with Crippen molar-refractivity contribution in [3.8, 4) is 0 Å². The molecule has 3 nitrogen and oxygen atoms in total. The molecule has 0 aromatic heterocycles. The standard InChI is InChI=1S/C7H13N3/c1-2-3-4-5-6-7-9-10-8/h2-3H,4-7H2,1H3/b3-2+. The minimum atomic E-state index is 0.633. The molecule has 0 radical (unpaired) electrons. The van der Waals surface area contributed by atoms with Crippen LogP contribution >= 0.6 is 0 Å². The Balaban J connectivity index is 2.97. The molecule has 0 saturated heterocycles. The number of rotatable bonds is 5. The average molecular weight is 139 g/mol. The highest BCUT2D eigenvalue weighted by molar-refractivity contribution is 4.76. The maximum atomic E-state index is 7.91. The quantitative estimate of drug-likeness (QED) is 0.185. The van der Waals surface area contributed by atoms with Gasteiger partial charge in [0.1, 0.15) is 0 Å². The van der Waals surface area contributed by atoms with Crippen LogP contribution in [0.4, 0.5) is 0 Å². The summed E-state index contributed by atoms with van der Waals surface area (Å²) < 4.78 is 0. The Morgan fingerprint density at radius 1 is 1.50 bits per heavy atom. The number of nitrogens with zero attached hydrogens (tertiary/aromatic N) is 3. The summed E-state index contributed by atoms with van der Waals surface area (Å²) in [4.78, 5) is 2.66. The van der Waals surface area contributed by atoms with Crippen molar-refractivity contribution in [1.29, 1.82) is 0 Å². The number of hydrogen-bond donors (Lipinski definition) is 0. The SMILES string of the molecule is C/C=C/CCCCN=[N+]=[N-]. The van der Waals surface area contributed by atoms with Crippen LogP contribution < -0.4 is 0 Å². The van der Waals surface area contributed by atoms with E-state index in [4.69, 9.17) is 5.53 Å². The number of unbranched alkanes of at least 4 members (excludes halogenated alkanes) is 2. The molecule has 0 aromatic rings. The van der Waals surface area contributed by atoms with Crippen molar-refractivity contribution in [1.82, 2.24) is 0 Å². The molecule has 0 amide bonds. The molecule has 0 aliphatic heterocycles. The summed E-state index contributed by atoms with van der Waals surface area (Å²) in [6.45, 7) is 2.64. The maximum absolute atomic E-state index is 7.91. The van der Waals surface area contributed by atoms with Gasteiger partial charge in [-0.25, -0.2) is 0 Å². The van der Waals surface area contributed by atoms with Crippen molar-refractivity contribution >= 4 is 0 Å². The summed E-state index contributed by atoms with van der Waals surface area (Å²) in [6, 6.07) is 0. The summed E-state index contributed by atoms with van der Waals surface area (Å²) >= 11 is 0. The molecule has 0 fully saturated rings. The van der Waals surface area contributed by atoms with Crippen LogP contribution in [0.3, 0.4) is 0 Å². The highest BCUT2D eigenvalue weighted by Crippen LogP contribution is 1.96. The van der Waals surface area contributed by atoms with E-state index in [0.29, 0.717) is 6.54 Å². The molecule has 0 rings (SSSR count). The predicted molar refractivity (Wildman–Crippen MR) is 42.7 cm³/mol. The lowest BCUT2D eigenvalue weighted by atomic mass is 10.2. The second kappa shape index (κ2) is 8.05. The van der Waals surface area contributed by atoms with Gasteiger partial charge in [-0.15, -0.1) is 0 Å². The van der Waals surface area contributed by atoms with Gasteiger partial charge in [0.2, 0.25) is 0 Å². The first-order chi connectivity index (χ1) is 4.91. The molecule has 3 heteroatoms. The van der Waals surface area contributed by atoms with Crippen molar-refractivity contribution in [3.63, 3.8) is 0 Å². The van der Waals surface area contributed by atoms with Crippen molar-refractivity contribution in [2.24, 2.45) is 5.11 Å². The zero-order valence-electron chi connectivity index (χ0n) is 6.32. The predicted octanol–water partition coefficient (Wildman–Crippen LogP) is 3.04. The average Bonchev–Trinajstić information content (AvgIpc) is 1.97. The van der Waals surface area contributed by atoms with Gasteiger partial charge in [-0.1, -0.05) is 17.3 Å². The lowest BCUT2D eigenvalue weighted by Gasteiger charge is -1.89. The molecule has 0 bridgehead atoms. The Hall–Kier alpha value is -0.950. The Labute approximate surface area is 61.4 Å². The van der Waals surface area contributed by atoms with Gasteiger partial charge in [0.25, 0.3) is 0 Å². The molecule has 0 spiro atoms. The molecule has 0 heterocycles. The van der Waals surface area contributed by atoms with E-state index < -0.39 is 0 Å². The molecule has 0 aliphatic carbocycles. The van der Waals surface area contributed by atoms with E-state index in [1.807, 2.05) is 13.0 Å². The van der Waals surface area contributed by atoms with Crippen LogP contribution in [0.5, 0.6) is 0 Å². The normalized spacial score (nSPS) is 9.70. The van der Waals surface area contributed by atoms with Crippen LogP contribution in [0.25, 0.3) is 10.4 Å². The highest BCUT2D eigenvalue weighted by atomic mass is 15.1. The molecule has 0 unspecified atom stereocenters. The molecular weight excluding hydrogens is 126 g/mol. The van der Waals surface area contributed by atoms with Gasteiger partial charge in [-0.3, -0.25) is 0 Å². The molecule has 0 aromatic carbocycles. The van der Waals surface area contributed by atoms with Gasteiger partial charge >= 0.3 is 0 Å². The van der Waals surface area contributed by atoms with Crippen molar-refractivity contribution in [3.05, 3.63) is 22.6 Å². The smallest absolute Gasteiger partial charge is 0.0258 e. The Kier molecular flexibility index (Phi) is 7.29. The molecule has 10 heavy (non-hydrogen) atoms. The molecule has 0 atom stereocenters. The summed E-state index contributed by atoms with van der Waals surface area (Å²) in [5.74, 6) is 0. The van der Waals surface area contributed by atoms with Gasteiger partial charge in [-0.05, 0) is 31.7 Å². The summed E-state index contributed by atoms with van der Waals surface area (Å²) in [5.41, 5.74) is 7.91. The molecule has 0 aliphatic rings. The third-order valence-corrected chi connectivity index (χ3v) is 1.18. The second-order valence-corrected chi connectivity index (χ2v) is 2.02. The van der Waals surface area contributed by atoms with Gasteiger partial charge in [-0.2, -0.15) is 0 Å². The lowest BCUT2D eigenvalue weighted by molar-refractivity contribution is 0.755. The maximum Gasteiger partial charge on any atom is 0.0258 e. The first kappa shape index (κ1) is 9.05. The van der Waals surface area contributed by atoms with Gasteiger partial charge in [0.15, 0.2) is 0 Å². The Bertz CT molecular complexity index is 134. The largest absolute Gasteiger partial charge is 0.0940 e. The third kappa shape index (κ3) is 7.05. The lowest BCUT2D eigenvalue weighted by Crippen LogP contribution is -1.77. The zero-order valence-corrected chi connectivity index (χ0v) is 6.32. The van der Waals surface area contributed by atoms with Crippen LogP contribution in [0.1, 0.15) is 26.2 Å². The van der Waals surface area contributed by atoms with E-state index in [9.17, 15) is 0 Å². The molecule has 0 N–H and O–H groups in total. The number of azide groups is 1. The van der Waals surface area contributed by atoms with E-state index in [0.717, 1.165) is 19.3 Å². The third-order valence-electron chi connectivity index (χ3n) is 1.18. The first-order valence-electron chi connectivity index (χ1n) is 3.54. The minimum Gasteiger partial charge on any atom is -0.0940 e. The van der Waals surface area contributed by atoms with E-state index >= 15 is 0 Å². The zero-order chi connectivity index (χ0) is 7.66. The van der Waals surface area contributed by atoms with Gasteiger partial charge in [0.05, 0.1) is 0 Å². The topological polar surface area (TPSA) is 48.8 Å². The van der Waals surface area contributed by atoms with E-state index in [2.05, 4.69) is 16.1 Å². The second-order valence-electron chi connectivity index (χ2n) is 2.02. The van der Waals surface area contributed by atoms with Crippen molar-refractivity contribution in [2.75, 3.05) is 6.54 Å². The Morgan fingerprint density at radius 2 is 2.30 bits per heavy atom. The minimum absolute atomic E-state index is 0.633. The van der Waals surface area contributed by atoms with Crippen molar-refractivity contribution in [2.45, 2.75) is 26.2 Å². The van der Waals surface area contributed by atoms with Crippen LogP contribution in [0.2, 0.25) is 0 Å². The molecule has 0 saturated carbocycles. The van der Waals surface area contributed by atoms with Gasteiger partial charge in [0, 0.05) is 11.5 Å². The van der Waals surface area contributed by atoms with E-state index in [-0.39, 0.29) is 0 Å². The molecule has 56 valence electrons. The van der Waals surface area contributed by atoms with Crippen molar-refractivity contribution < 1.29 is 0 Å². The van der Waals surface area contributed by atoms with Crippen LogP contribution in [0, 0.1) is 0 Å². The van der Waals surface area contributed by atoms with Crippen LogP contribution in [0.15, 0.2) is 17.3 Å². The fraction of sp³-hybridized carbons (Fsp3) is 0.714. The van der Waals surface area contributed by atoms with Gasteiger partial charge < -0.3 is 0 Å². The summed E-state index contributed by atoms with van der Waals surface area (Å²) in [6.07, 6.45) is 7.36. The summed E-state index contributed by atoms with van der Waals surface area (Å²) in [7, 11) is 0. The summed E-state index contributed by atoms with van der Waals surface area (Å²) in [5, 5.41) is 3.43. The fourth-order valence-electron chi connectivity index (χ4n) is 0.656. The fourth-order valence-corrected chi connectivity index (χ4v) is 0.656. The highest BCUT2D eigenvalue weighted by Gasteiger charge is 1.81. The monoisotopic (exact) mass is 139 g/mol.